The molecule has 32 heavy (non-hydrogen) atoms. The Balaban J connectivity index is 1.41. The summed E-state index contributed by atoms with van der Waals surface area (Å²) in [4.78, 5) is 2.39. The second kappa shape index (κ2) is 9.62. The van der Waals surface area contributed by atoms with Crippen LogP contribution < -0.4 is 4.74 Å². The molecule has 2 aliphatic rings. The number of rotatable bonds is 7. The van der Waals surface area contributed by atoms with Crippen molar-refractivity contribution in [2.24, 2.45) is 5.92 Å². The number of hydrogen-bond donors (Lipinski definition) is 1. The first kappa shape index (κ1) is 23.4. The summed E-state index contributed by atoms with van der Waals surface area (Å²) in [6.07, 6.45) is 1.02. The zero-order valence-corrected chi connectivity index (χ0v) is 18.7. The van der Waals surface area contributed by atoms with Crippen molar-refractivity contribution in [3.63, 3.8) is 0 Å². The van der Waals surface area contributed by atoms with Gasteiger partial charge in [0.1, 0.15) is 5.75 Å². The molecule has 2 aromatic rings. The lowest BCUT2D eigenvalue weighted by atomic mass is 9.63. The van der Waals surface area contributed by atoms with E-state index in [0.29, 0.717) is 12.4 Å². The van der Waals surface area contributed by atoms with Crippen LogP contribution in [0.15, 0.2) is 48.5 Å². The molecule has 2 aromatic carbocycles. The van der Waals surface area contributed by atoms with Gasteiger partial charge in [-0.15, -0.1) is 0 Å². The molecule has 3 nitrogen and oxygen atoms in total. The molecule has 0 bridgehead atoms. The molecule has 174 valence electrons. The summed E-state index contributed by atoms with van der Waals surface area (Å²) in [7, 11) is 0. The van der Waals surface area contributed by atoms with E-state index in [-0.39, 0.29) is 24.0 Å². The van der Waals surface area contributed by atoms with Crippen molar-refractivity contribution in [3.05, 3.63) is 64.7 Å². The summed E-state index contributed by atoms with van der Waals surface area (Å²) in [6.45, 7) is 2.23. The number of ether oxygens (including phenoxy) is 1. The number of alkyl halides is 3. The molecule has 1 heterocycles. The average Bonchev–Trinajstić information content (AvgIpc) is 2.75. The Morgan fingerprint density at radius 3 is 2.28 bits per heavy atom. The lowest BCUT2D eigenvalue weighted by Crippen LogP contribution is -2.55. The minimum Gasteiger partial charge on any atom is -0.493 e. The smallest absolute Gasteiger partial charge is 0.416 e. The third kappa shape index (κ3) is 5.08. The number of halogens is 4. The average molecular weight is 468 g/mol. The van der Waals surface area contributed by atoms with Gasteiger partial charge in [-0.05, 0) is 74.2 Å². The highest BCUT2D eigenvalue weighted by atomic mass is 35.5. The van der Waals surface area contributed by atoms with Gasteiger partial charge in [0.25, 0.3) is 0 Å². The van der Waals surface area contributed by atoms with E-state index in [1.54, 1.807) is 0 Å². The van der Waals surface area contributed by atoms with Crippen molar-refractivity contribution in [2.75, 3.05) is 26.3 Å². The van der Waals surface area contributed by atoms with Crippen LogP contribution >= 0.6 is 11.6 Å². The number of aliphatic hydroxyl groups excluding tert-OH is 1. The first-order valence-electron chi connectivity index (χ1n) is 11.2. The van der Waals surface area contributed by atoms with Crippen molar-refractivity contribution in [1.82, 2.24) is 4.90 Å². The largest absolute Gasteiger partial charge is 0.493 e. The second-order valence-electron chi connectivity index (χ2n) is 9.10. The Labute approximate surface area is 192 Å². The van der Waals surface area contributed by atoms with Crippen LogP contribution in [-0.4, -0.2) is 42.4 Å². The number of aliphatic hydroxyl groups is 1. The lowest BCUT2D eigenvalue weighted by molar-refractivity contribution is -0.137. The number of benzene rings is 2. The highest BCUT2D eigenvalue weighted by molar-refractivity contribution is 6.30. The van der Waals surface area contributed by atoms with Crippen LogP contribution in [0, 0.1) is 5.92 Å². The summed E-state index contributed by atoms with van der Waals surface area (Å²) < 4.78 is 44.1. The molecule has 7 heteroatoms. The number of hydrogen-bond acceptors (Lipinski definition) is 3. The molecule has 1 aliphatic carbocycles. The maximum absolute atomic E-state index is 12.8. The van der Waals surface area contributed by atoms with Crippen LogP contribution in [0.25, 0.3) is 0 Å². The zero-order valence-electron chi connectivity index (χ0n) is 18.0. The number of likely N-dealkylation sites (tertiary alicyclic amines) is 1. The molecular weight excluding hydrogens is 439 g/mol. The van der Waals surface area contributed by atoms with E-state index in [2.05, 4.69) is 17.0 Å². The quantitative estimate of drug-likeness (QED) is 0.547. The monoisotopic (exact) mass is 467 g/mol. The Bertz CT molecular complexity index is 882. The third-order valence-corrected chi connectivity index (χ3v) is 7.39. The van der Waals surface area contributed by atoms with Gasteiger partial charge in [0.15, 0.2) is 0 Å². The lowest BCUT2D eigenvalue weighted by Gasteiger charge is -2.50. The van der Waals surface area contributed by atoms with Crippen LogP contribution in [0.5, 0.6) is 5.75 Å². The molecule has 0 amide bonds. The summed E-state index contributed by atoms with van der Waals surface area (Å²) in [6, 6.07) is 12.9. The van der Waals surface area contributed by atoms with Crippen LogP contribution in [0.4, 0.5) is 13.2 Å². The topological polar surface area (TPSA) is 32.7 Å². The van der Waals surface area contributed by atoms with E-state index in [9.17, 15) is 18.3 Å². The van der Waals surface area contributed by atoms with Gasteiger partial charge < -0.3 is 9.84 Å². The molecule has 1 aliphatic heterocycles. The van der Waals surface area contributed by atoms with Crippen molar-refractivity contribution in [3.8, 4) is 5.75 Å². The standard InChI is InChI=1S/C25H29ClF3NO2/c26-21-8-4-19(5-9-21)24(12-2-13-24)17-30-14-1-3-18(23(30)15-31)16-32-22-10-6-20(7-11-22)25(27,28)29/h4-11,18,23,31H,1-3,12-17H2/t18-,23+/m1/s1. The maximum Gasteiger partial charge on any atom is 0.416 e. The van der Waals surface area contributed by atoms with Gasteiger partial charge in [-0.2, -0.15) is 13.2 Å². The first-order valence-corrected chi connectivity index (χ1v) is 11.6. The van der Waals surface area contributed by atoms with Gasteiger partial charge in [0.2, 0.25) is 0 Å². The second-order valence-corrected chi connectivity index (χ2v) is 9.53. The molecule has 2 fully saturated rings. The number of nitrogens with zero attached hydrogens (tertiary/aromatic N) is 1. The van der Waals surface area contributed by atoms with E-state index in [1.165, 1.54) is 24.1 Å². The molecule has 1 saturated heterocycles. The minimum atomic E-state index is -4.36. The number of piperidine rings is 1. The fourth-order valence-electron chi connectivity index (χ4n) is 5.15. The summed E-state index contributed by atoms with van der Waals surface area (Å²) >= 11 is 6.08. The summed E-state index contributed by atoms with van der Waals surface area (Å²) in [5.41, 5.74) is 0.705. The van der Waals surface area contributed by atoms with Crippen LogP contribution in [0.2, 0.25) is 5.02 Å². The van der Waals surface area contributed by atoms with E-state index in [1.807, 2.05) is 12.1 Å². The Hall–Kier alpha value is -1.76. The van der Waals surface area contributed by atoms with Crippen molar-refractivity contribution >= 4 is 11.6 Å². The third-order valence-electron chi connectivity index (χ3n) is 7.14. The van der Waals surface area contributed by atoms with Crippen LogP contribution in [-0.2, 0) is 11.6 Å². The van der Waals surface area contributed by atoms with E-state index in [0.717, 1.165) is 55.9 Å². The molecule has 0 aromatic heterocycles. The fraction of sp³-hybridized carbons (Fsp3) is 0.520. The van der Waals surface area contributed by atoms with Crippen molar-refractivity contribution in [2.45, 2.75) is 49.7 Å². The molecule has 1 saturated carbocycles. The molecular formula is C25H29ClF3NO2. The Morgan fingerprint density at radius 2 is 1.72 bits per heavy atom. The summed E-state index contributed by atoms with van der Waals surface area (Å²) in [5, 5.41) is 10.9. The maximum atomic E-state index is 12.8. The molecule has 0 spiro atoms. The normalized spacial score (nSPS) is 23.5. The molecule has 0 unspecified atom stereocenters. The van der Waals surface area contributed by atoms with Gasteiger partial charge in [-0.3, -0.25) is 4.90 Å². The SMILES string of the molecule is OC[C@H]1[C@@H](COc2ccc(C(F)(F)F)cc2)CCCN1CC1(c2ccc(Cl)cc2)CCC1. The highest BCUT2D eigenvalue weighted by Gasteiger charge is 2.43. The fourth-order valence-corrected chi connectivity index (χ4v) is 5.27. The van der Waals surface area contributed by atoms with Gasteiger partial charge in [-0.1, -0.05) is 30.2 Å². The zero-order chi connectivity index (χ0) is 22.8. The molecule has 0 radical (unpaired) electrons. The molecule has 2 atom stereocenters. The van der Waals surface area contributed by atoms with Crippen LogP contribution in [0.3, 0.4) is 0 Å². The van der Waals surface area contributed by atoms with Gasteiger partial charge in [-0.25, -0.2) is 0 Å². The highest BCUT2D eigenvalue weighted by Crippen LogP contribution is 2.45. The first-order chi connectivity index (χ1) is 15.3. The summed E-state index contributed by atoms with van der Waals surface area (Å²) in [5.74, 6) is 0.543. The molecule has 4 rings (SSSR count). The van der Waals surface area contributed by atoms with Gasteiger partial charge >= 0.3 is 6.18 Å². The van der Waals surface area contributed by atoms with E-state index >= 15 is 0 Å². The van der Waals surface area contributed by atoms with Gasteiger partial charge in [0, 0.05) is 28.9 Å². The van der Waals surface area contributed by atoms with Crippen molar-refractivity contribution < 1.29 is 23.0 Å². The van der Waals surface area contributed by atoms with E-state index < -0.39 is 11.7 Å². The van der Waals surface area contributed by atoms with E-state index in [4.69, 9.17) is 16.3 Å². The minimum absolute atomic E-state index is 0.0250. The van der Waals surface area contributed by atoms with Gasteiger partial charge in [0.05, 0.1) is 18.8 Å². The Kier molecular flexibility index (Phi) is 7.03. The van der Waals surface area contributed by atoms with Crippen molar-refractivity contribution in [1.29, 1.82) is 0 Å². The predicted molar refractivity (Wildman–Crippen MR) is 119 cm³/mol. The Morgan fingerprint density at radius 1 is 1.03 bits per heavy atom. The molecule has 1 N–H and O–H groups in total. The predicted octanol–water partition coefficient (Wildman–Crippen LogP) is 5.93. The van der Waals surface area contributed by atoms with Crippen LogP contribution in [0.1, 0.15) is 43.2 Å².